The molecule has 0 spiro atoms. The Labute approximate surface area is 112 Å². The van der Waals surface area contributed by atoms with Gasteiger partial charge in [0.2, 0.25) is 0 Å². The minimum atomic E-state index is -0.374. The van der Waals surface area contributed by atoms with Crippen LogP contribution in [0.1, 0.15) is 30.1 Å². The monoisotopic (exact) mass is 265 g/mol. The Bertz CT molecular complexity index is 467. The van der Waals surface area contributed by atoms with Crippen molar-refractivity contribution in [2.45, 2.75) is 19.8 Å². The minimum absolute atomic E-state index is 0.0281. The third-order valence-electron chi connectivity index (χ3n) is 3.60. The number of phenolic OH excluding ortho intramolecular Hbond substituents is 2. The first-order chi connectivity index (χ1) is 9.00. The maximum atomic E-state index is 12.0. The van der Waals surface area contributed by atoms with E-state index in [0.29, 0.717) is 19.8 Å². The zero-order chi connectivity index (χ0) is 13.9. The number of hydrogen-bond acceptors (Lipinski definition) is 4. The fourth-order valence-corrected chi connectivity index (χ4v) is 2.14. The zero-order valence-electron chi connectivity index (χ0n) is 11.0. The number of ether oxygens (including phenoxy) is 1. The predicted molar refractivity (Wildman–Crippen MR) is 70.3 cm³/mol. The van der Waals surface area contributed by atoms with E-state index in [0.717, 1.165) is 12.8 Å². The molecule has 0 aliphatic carbocycles. The molecule has 3 N–H and O–H groups in total. The van der Waals surface area contributed by atoms with Crippen molar-refractivity contribution in [3.8, 4) is 11.5 Å². The van der Waals surface area contributed by atoms with Gasteiger partial charge in [0, 0.05) is 19.8 Å². The van der Waals surface area contributed by atoms with E-state index < -0.39 is 0 Å². The number of nitrogens with one attached hydrogen (secondary N) is 1. The van der Waals surface area contributed by atoms with Crippen LogP contribution in [0.4, 0.5) is 0 Å². The highest BCUT2D eigenvalue weighted by Gasteiger charge is 2.28. The average molecular weight is 265 g/mol. The van der Waals surface area contributed by atoms with Crippen LogP contribution in [-0.4, -0.2) is 35.9 Å². The molecule has 1 fully saturated rings. The Morgan fingerprint density at radius 2 is 2.05 bits per heavy atom. The molecule has 0 saturated carbocycles. The van der Waals surface area contributed by atoms with Gasteiger partial charge in [-0.25, -0.2) is 0 Å². The van der Waals surface area contributed by atoms with Crippen molar-refractivity contribution in [2.24, 2.45) is 5.41 Å². The molecule has 1 aliphatic rings. The lowest BCUT2D eigenvalue weighted by atomic mass is 9.82. The van der Waals surface area contributed by atoms with Crippen LogP contribution in [0.15, 0.2) is 18.2 Å². The molecule has 0 bridgehead atoms. The normalized spacial score (nSPS) is 17.9. The van der Waals surface area contributed by atoms with Crippen LogP contribution in [0, 0.1) is 5.41 Å². The molecular formula is C14H19NO4. The SMILES string of the molecule is CC1(CNC(=O)c2cc(O)ccc2O)CCOCC1. The molecule has 5 heteroatoms. The summed E-state index contributed by atoms with van der Waals surface area (Å²) in [6.07, 6.45) is 1.80. The Morgan fingerprint density at radius 1 is 1.37 bits per heavy atom. The maximum absolute atomic E-state index is 12.0. The second-order valence-electron chi connectivity index (χ2n) is 5.31. The van der Waals surface area contributed by atoms with E-state index >= 15 is 0 Å². The predicted octanol–water partition coefficient (Wildman–Crippen LogP) is 1.64. The van der Waals surface area contributed by atoms with Crippen LogP contribution < -0.4 is 5.32 Å². The van der Waals surface area contributed by atoms with Gasteiger partial charge in [0.25, 0.3) is 5.91 Å². The van der Waals surface area contributed by atoms with E-state index in [2.05, 4.69) is 12.2 Å². The average Bonchev–Trinajstić information content (AvgIpc) is 2.40. The van der Waals surface area contributed by atoms with Gasteiger partial charge in [-0.2, -0.15) is 0 Å². The van der Waals surface area contributed by atoms with Crippen LogP contribution in [0.2, 0.25) is 0 Å². The highest BCUT2D eigenvalue weighted by Crippen LogP contribution is 2.29. The second-order valence-corrected chi connectivity index (χ2v) is 5.31. The zero-order valence-corrected chi connectivity index (χ0v) is 11.0. The van der Waals surface area contributed by atoms with E-state index in [1.807, 2.05) is 0 Å². The number of phenols is 2. The topological polar surface area (TPSA) is 78.8 Å². The lowest BCUT2D eigenvalue weighted by Crippen LogP contribution is -2.39. The molecule has 104 valence electrons. The van der Waals surface area contributed by atoms with Gasteiger partial charge in [-0.15, -0.1) is 0 Å². The van der Waals surface area contributed by atoms with Crippen molar-refractivity contribution in [1.29, 1.82) is 0 Å². The number of hydrogen-bond donors (Lipinski definition) is 3. The number of carbonyl (C=O) groups excluding carboxylic acids is 1. The largest absolute Gasteiger partial charge is 0.508 e. The lowest BCUT2D eigenvalue weighted by molar-refractivity contribution is 0.0238. The molecule has 1 heterocycles. The summed E-state index contributed by atoms with van der Waals surface area (Å²) in [6.45, 7) is 4.07. The van der Waals surface area contributed by atoms with Gasteiger partial charge < -0.3 is 20.3 Å². The van der Waals surface area contributed by atoms with Gasteiger partial charge in [0.05, 0.1) is 5.56 Å². The Morgan fingerprint density at radius 3 is 2.74 bits per heavy atom. The summed E-state index contributed by atoms with van der Waals surface area (Å²) in [5.41, 5.74) is 0.121. The van der Waals surface area contributed by atoms with E-state index in [9.17, 15) is 15.0 Å². The smallest absolute Gasteiger partial charge is 0.255 e. The maximum Gasteiger partial charge on any atom is 0.255 e. The highest BCUT2D eigenvalue weighted by molar-refractivity contribution is 5.97. The molecule has 0 radical (unpaired) electrons. The Balaban J connectivity index is 1.99. The van der Waals surface area contributed by atoms with Crippen molar-refractivity contribution in [3.63, 3.8) is 0 Å². The molecule has 2 rings (SSSR count). The summed E-state index contributed by atoms with van der Waals surface area (Å²) in [7, 11) is 0. The van der Waals surface area contributed by atoms with E-state index in [1.165, 1.54) is 18.2 Å². The van der Waals surface area contributed by atoms with Gasteiger partial charge in [-0.3, -0.25) is 4.79 Å². The third-order valence-corrected chi connectivity index (χ3v) is 3.60. The molecule has 1 amide bonds. The minimum Gasteiger partial charge on any atom is -0.508 e. The van der Waals surface area contributed by atoms with Crippen LogP contribution in [-0.2, 0) is 4.74 Å². The first-order valence-electron chi connectivity index (χ1n) is 6.38. The summed E-state index contributed by atoms with van der Waals surface area (Å²) in [4.78, 5) is 12.0. The van der Waals surface area contributed by atoms with Gasteiger partial charge in [-0.05, 0) is 36.5 Å². The van der Waals surface area contributed by atoms with Gasteiger partial charge in [-0.1, -0.05) is 6.92 Å². The molecule has 0 unspecified atom stereocenters. The van der Waals surface area contributed by atoms with Gasteiger partial charge in [0.15, 0.2) is 0 Å². The fourth-order valence-electron chi connectivity index (χ4n) is 2.14. The summed E-state index contributed by atoms with van der Waals surface area (Å²) in [6, 6.07) is 3.91. The van der Waals surface area contributed by atoms with E-state index in [-0.39, 0.29) is 28.4 Å². The first-order valence-corrected chi connectivity index (χ1v) is 6.38. The van der Waals surface area contributed by atoms with Crippen molar-refractivity contribution < 1.29 is 19.7 Å². The quantitative estimate of drug-likeness (QED) is 0.726. The highest BCUT2D eigenvalue weighted by atomic mass is 16.5. The van der Waals surface area contributed by atoms with Crippen molar-refractivity contribution >= 4 is 5.91 Å². The summed E-state index contributed by atoms with van der Waals surface area (Å²) in [5, 5.41) is 21.8. The van der Waals surface area contributed by atoms with Crippen molar-refractivity contribution in [1.82, 2.24) is 5.32 Å². The number of benzene rings is 1. The van der Waals surface area contributed by atoms with Crippen molar-refractivity contribution in [2.75, 3.05) is 19.8 Å². The lowest BCUT2D eigenvalue weighted by Gasteiger charge is -2.33. The summed E-state index contributed by atoms with van der Waals surface area (Å²) < 4.78 is 5.31. The Kier molecular flexibility index (Phi) is 3.95. The molecule has 0 atom stereocenters. The molecular weight excluding hydrogens is 246 g/mol. The van der Waals surface area contributed by atoms with Gasteiger partial charge in [0.1, 0.15) is 11.5 Å². The third kappa shape index (κ3) is 3.38. The number of aromatic hydroxyl groups is 2. The molecule has 19 heavy (non-hydrogen) atoms. The molecule has 1 aromatic carbocycles. The van der Waals surface area contributed by atoms with Crippen LogP contribution in [0.5, 0.6) is 11.5 Å². The second kappa shape index (κ2) is 5.48. The van der Waals surface area contributed by atoms with Crippen LogP contribution in [0.3, 0.4) is 0 Å². The summed E-state index contributed by atoms with van der Waals surface area (Å²) in [5.74, 6) is -0.547. The number of amides is 1. The summed E-state index contributed by atoms with van der Waals surface area (Å²) >= 11 is 0. The Hall–Kier alpha value is -1.75. The van der Waals surface area contributed by atoms with Gasteiger partial charge >= 0.3 is 0 Å². The van der Waals surface area contributed by atoms with E-state index in [4.69, 9.17) is 4.74 Å². The van der Waals surface area contributed by atoms with E-state index in [1.54, 1.807) is 0 Å². The number of rotatable bonds is 3. The number of carbonyl (C=O) groups is 1. The first kappa shape index (κ1) is 13.7. The standard InChI is InChI=1S/C14H19NO4/c1-14(4-6-19-7-5-14)9-15-13(18)11-8-10(16)2-3-12(11)17/h2-3,8,16-17H,4-7,9H2,1H3,(H,15,18). The van der Waals surface area contributed by atoms with Crippen LogP contribution in [0.25, 0.3) is 0 Å². The molecule has 0 aromatic heterocycles. The van der Waals surface area contributed by atoms with Crippen molar-refractivity contribution in [3.05, 3.63) is 23.8 Å². The molecule has 5 nitrogen and oxygen atoms in total. The van der Waals surface area contributed by atoms with Crippen LogP contribution >= 0.6 is 0 Å². The molecule has 1 saturated heterocycles. The molecule has 1 aromatic rings. The molecule has 1 aliphatic heterocycles. The fraction of sp³-hybridized carbons (Fsp3) is 0.500.